The number of amides is 3. The SMILES string of the molecule is CC(C)C(C)C(=O)NC1CCC(CC(=O)Nc2cnc(-c3ccc(C4(NC(=O)OC(C)(C)C)CC(C)(O)C4)cc3)c(-c3ccccc3)c2)CC1. The Labute approximate surface area is 297 Å². The Hall–Kier alpha value is -4.24. The fraction of sp³-hybridized carbons (Fsp3) is 0.512. The van der Waals surface area contributed by atoms with Gasteiger partial charge in [-0.25, -0.2) is 4.79 Å². The van der Waals surface area contributed by atoms with E-state index in [0.717, 1.165) is 53.6 Å². The molecule has 1 atom stereocenters. The van der Waals surface area contributed by atoms with Crippen LogP contribution in [0.15, 0.2) is 66.9 Å². The van der Waals surface area contributed by atoms with E-state index >= 15 is 0 Å². The minimum atomic E-state index is -0.890. The van der Waals surface area contributed by atoms with Gasteiger partial charge < -0.3 is 25.8 Å². The van der Waals surface area contributed by atoms with Gasteiger partial charge in [-0.05, 0) is 82.4 Å². The summed E-state index contributed by atoms with van der Waals surface area (Å²) in [5.41, 5.74) is 2.75. The number of hydrogen-bond donors (Lipinski definition) is 4. The lowest BCUT2D eigenvalue weighted by molar-refractivity contribution is -0.127. The number of nitrogens with one attached hydrogen (secondary N) is 3. The Bertz CT molecular complexity index is 1650. The number of ether oxygens (including phenoxy) is 1. The zero-order chi connectivity index (χ0) is 36.3. The Balaban J connectivity index is 1.28. The quantitative estimate of drug-likeness (QED) is 0.172. The molecule has 50 heavy (non-hydrogen) atoms. The van der Waals surface area contributed by atoms with Gasteiger partial charge in [0.25, 0.3) is 0 Å². The molecule has 0 radical (unpaired) electrons. The molecule has 3 amide bonds. The summed E-state index contributed by atoms with van der Waals surface area (Å²) in [5.74, 6) is 0.653. The molecule has 0 aliphatic heterocycles. The number of alkyl carbamates (subject to hydrolysis) is 1. The van der Waals surface area contributed by atoms with Crippen molar-refractivity contribution in [2.75, 3.05) is 5.32 Å². The maximum Gasteiger partial charge on any atom is 0.408 e. The lowest BCUT2D eigenvalue weighted by atomic mass is 9.62. The molecule has 2 saturated carbocycles. The zero-order valence-electron chi connectivity index (χ0n) is 30.6. The number of aromatic nitrogens is 1. The number of rotatable bonds is 10. The third-order valence-electron chi connectivity index (χ3n) is 10.2. The van der Waals surface area contributed by atoms with Crippen LogP contribution in [0, 0.1) is 17.8 Å². The van der Waals surface area contributed by atoms with Gasteiger partial charge in [0.1, 0.15) is 5.60 Å². The number of anilines is 1. The first-order chi connectivity index (χ1) is 23.5. The molecule has 2 aliphatic rings. The van der Waals surface area contributed by atoms with Crippen LogP contribution in [0.5, 0.6) is 0 Å². The molecular weight excluding hydrogens is 628 g/mol. The van der Waals surface area contributed by atoms with Crippen LogP contribution in [0.1, 0.15) is 99.0 Å². The van der Waals surface area contributed by atoms with Gasteiger partial charge in [0.05, 0.1) is 28.7 Å². The Morgan fingerprint density at radius 3 is 2.16 bits per heavy atom. The highest BCUT2D eigenvalue weighted by Crippen LogP contribution is 2.49. The van der Waals surface area contributed by atoms with Gasteiger partial charge >= 0.3 is 6.09 Å². The molecule has 268 valence electrons. The van der Waals surface area contributed by atoms with Gasteiger partial charge in [-0.2, -0.15) is 0 Å². The number of nitrogens with zero attached hydrogens (tertiary/aromatic N) is 1. The van der Waals surface area contributed by atoms with Crippen molar-refractivity contribution in [3.05, 3.63) is 72.4 Å². The summed E-state index contributed by atoms with van der Waals surface area (Å²) in [6.07, 6.45) is 5.94. The highest BCUT2D eigenvalue weighted by atomic mass is 16.6. The van der Waals surface area contributed by atoms with Crippen LogP contribution in [-0.2, 0) is 19.9 Å². The second-order valence-electron chi connectivity index (χ2n) is 16.1. The number of hydrogen-bond acceptors (Lipinski definition) is 6. The van der Waals surface area contributed by atoms with E-state index in [1.807, 2.05) is 88.4 Å². The normalized spacial score (nSPS) is 24.1. The van der Waals surface area contributed by atoms with Crippen LogP contribution in [0.4, 0.5) is 10.5 Å². The van der Waals surface area contributed by atoms with Crippen molar-refractivity contribution in [1.82, 2.24) is 15.6 Å². The molecule has 1 heterocycles. The molecule has 1 aromatic heterocycles. The predicted molar refractivity (Wildman–Crippen MR) is 197 cm³/mol. The molecule has 2 aromatic carbocycles. The van der Waals surface area contributed by atoms with Crippen molar-refractivity contribution in [2.24, 2.45) is 17.8 Å². The Kier molecular flexibility index (Phi) is 11.1. The Morgan fingerprint density at radius 2 is 1.58 bits per heavy atom. The maximum absolute atomic E-state index is 13.2. The summed E-state index contributed by atoms with van der Waals surface area (Å²) in [4.78, 5) is 43.3. The largest absolute Gasteiger partial charge is 0.444 e. The first kappa shape index (κ1) is 37.0. The van der Waals surface area contributed by atoms with E-state index in [1.165, 1.54) is 0 Å². The predicted octanol–water partition coefficient (Wildman–Crippen LogP) is 7.98. The number of carbonyl (C=O) groups excluding carboxylic acids is 3. The molecule has 5 rings (SSSR count). The van der Waals surface area contributed by atoms with Gasteiger partial charge in [-0.1, -0.05) is 75.4 Å². The van der Waals surface area contributed by atoms with E-state index in [-0.39, 0.29) is 29.7 Å². The fourth-order valence-corrected chi connectivity index (χ4v) is 7.28. The average molecular weight is 683 g/mol. The summed E-state index contributed by atoms with van der Waals surface area (Å²) in [5, 5.41) is 20.0. The van der Waals surface area contributed by atoms with Crippen LogP contribution in [0.25, 0.3) is 22.4 Å². The highest BCUT2D eigenvalue weighted by Gasteiger charge is 2.53. The smallest absolute Gasteiger partial charge is 0.408 e. The van der Waals surface area contributed by atoms with E-state index in [4.69, 9.17) is 9.72 Å². The molecule has 0 spiro atoms. The van der Waals surface area contributed by atoms with E-state index in [0.29, 0.717) is 30.9 Å². The van der Waals surface area contributed by atoms with Gasteiger partial charge in [-0.15, -0.1) is 0 Å². The molecule has 3 aromatic rings. The van der Waals surface area contributed by atoms with Crippen LogP contribution >= 0.6 is 0 Å². The summed E-state index contributed by atoms with van der Waals surface area (Å²) >= 11 is 0. The third-order valence-corrected chi connectivity index (χ3v) is 10.2. The summed E-state index contributed by atoms with van der Waals surface area (Å²) in [6.45, 7) is 13.3. The van der Waals surface area contributed by atoms with E-state index in [2.05, 4.69) is 29.8 Å². The fourth-order valence-electron chi connectivity index (χ4n) is 7.28. The van der Waals surface area contributed by atoms with Crippen molar-refractivity contribution < 1.29 is 24.2 Å². The molecule has 0 saturated heterocycles. The third kappa shape index (κ3) is 9.30. The molecular formula is C41H54N4O5. The maximum atomic E-state index is 13.2. The zero-order valence-corrected chi connectivity index (χ0v) is 30.6. The van der Waals surface area contributed by atoms with Crippen molar-refractivity contribution in [3.63, 3.8) is 0 Å². The van der Waals surface area contributed by atoms with Crippen LogP contribution in [0.3, 0.4) is 0 Å². The van der Waals surface area contributed by atoms with Crippen LogP contribution < -0.4 is 16.0 Å². The number of aliphatic hydroxyl groups is 1. The molecule has 0 bridgehead atoms. The van der Waals surface area contributed by atoms with Gasteiger partial charge in [0.2, 0.25) is 11.8 Å². The average Bonchev–Trinajstić information content (AvgIpc) is 3.03. The van der Waals surface area contributed by atoms with Crippen molar-refractivity contribution in [3.8, 4) is 22.4 Å². The first-order valence-electron chi connectivity index (χ1n) is 18.0. The van der Waals surface area contributed by atoms with E-state index < -0.39 is 22.8 Å². The minimum absolute atomic E-state index is 0.00935. The van der Waals surface area contributed by atoms with E-state index in [9.17, 15) is 19.5 Å². The molecule has 1 unspecified atom stereocenters. The van der Waals surface area contributed by atoms with Gasteiger partial charge in [-0.3, -0.25) is 14.6 Å². The molecule has 2 fully saturated rings. The molecule has 4 N–H and O–H groups in total. The van der Waals surface area contributed by atoms with Gasteiger partial charge in [0.15, 0.2) is 0 Å². The first-order valence-corrected chi connectivity index (χ1v) is 18.0. The van der Waals surface area contributed by atoms with E-state index in [1.54, 1.807) is 13.1 Å². The number of pyridine rings is 1. The lowest BCUT2D eigenvalue weighted by Crippen LogP contribution is -2.62. The monoisotopic (exact) mass is 682 g/mol. The standard InChI is InChI=1S/C41H54N4O5/c1-26(2)27(3)37(47)44-32-19-13-28(14-20-32)21-35(46)43-33-22-34(29-11-9-8-10-12-29)36(42-23-33)30-15-17-31(18-16-30)41(24-40(7,49)25-41)45-38(48)50-39(4,5)6/h8-12,15-18,22-23,26-28,32,49H,13-14,19-21,24-25H2,1-7H3,(H,43,46)(H,44,47)(H,45,48). The number of carbonyl (C=O) groups is 3. The van der Waals surface area contributed by atoms with Gasteiger partial charge in [0, 0.05) is 42.3 Å². The van der Waals surface area contributed by atoms with Crippen molar-refractivity contribution in [1.29, 1.82) is 0 Å². The Morgan fingerprint density at radius 1 is 0.940 bits per heavy atom. The summed E-state index contributed by atoms with van der Waals surface area (Å²) < 4.78 is 5.54. The van der Waals surface area contributed by atoms with Crippen LogP contribution in [-0.4, -0.2) is 45.2 Å². The second-order valence-corrected chi connectivity index (χ2v) is 16.1. The second kappa shape index (κ2) is 14.9. The van der Waals surface area contributed by atoms with Crippen molar-refractivity contribution in [2.45, 2.75) is 116 Å². The lowest BCUT2D eigenvalue weighted by Gasteiger charge is -2.52. The summed E-state index contributed by atoms with van der Waals surface area (Å²) in [7, 11) is 0. The molecule has 9 heteroatoms. The van der Waals surface area contributed by atoms with Crippen LogP contribution in [0.2, 0.25) is 0 Å². The summed E-state index contributed by atoms with van der Waals surface area (Å²) in [6, 6.07) is 20.0. The topological polar surface area (TPSA) is 130 Å². The number of benzene rings is 2. The highest BCUT2D eigenvalue weighted by molar-refractivity contribution is 5.93. The molecule has 9 nitrogen and oxygen atoms in total. The van der Waals surface area contributed by atoms with Crippen molar-refractivity contribution >= 4 is 23.6 Å². The molecule has 2 aliphatic carbocycles. The minimum Gasteiger partial charge on any atom is -0.444 e.